The van der Waals surface area contributed by atoms with Gasteiger partial charge in [0.1, 0.15) is 6.61 Å². The number of carbonyl (C=O) groups is 2. The Morgan fingerprint density at radius 1 is 1.23 bits per heavy atom. The van der Waals surface area contributed by atoms with Gasteiger partial charge in [-0.05, 0) is 19.3 Å². The van der Waals surface area contributed by atoms with Crippen molar-refractivity contribution in [3.05, 3.63) is 0 Å². The average Bonchev–Trinajstić information content (AvgIpc) is 3.03. The molecule has 0 spiro atoms. The Morgan fingerprint density at radius 2 is 2.09 bits per heavy atom. The number of amides is 2. The van der Waals surface area contributed by atoms with Gasteiger partial charge in [0.25, 0.3) is 0 Å². The number of hydrogen-bond acceptors (Lipinski definition) is 7. The summed E-state index contributed by atoms with van der Waals surface area (Å²) in [5.41, 5.74) is 1.85. The van der Waals surface area contributed by atoms with Gasteiger partial charge < -0.3 is 14.8 Å². The van der Waals surface area contributed by atoms with E-state index in [1.165, 1.54) is 18.6 Å². The SMILES string of the molecule is NNC(=O)OCCOCCNC(=O)CCCCC1CCSS1. The number of nitrogens with two attached hydrogens (primary N) is 1. The molecule has 0 aromatic rings. The predicted octanol–water partition coefficient (Wildman–Crippen LogP) is 1.43. The van der Waals surface area contributed by atoms with E-state index in [1.54, 1.807) is 0 Å². The van der Waals surface area contributed by atoms with Crippen molar-refractivity contribution in [2.75, 3.05) is 32.1 Å². The van der Waals surface area contributed by atoms with Crippen LogP contribution in [0.3, 0.4) is 0 Å². The topological polar surface area (TPSA) is 103 Å². The molecule has 1 rings (SSSR count). The highest BCUT2D eigenvalue weighted by atomic mass is 33.1. The molecule has 0 aliphatic carbocycles. The van der Waals surface area contributed by atoms with Gasteiger partial charge in [-0.25, -0.2) is 10.6 Å². The van der Waals surface area contributed by atoms with Crippen LogP contribution in [0.4, 0.5) is 4.79 Å². The summed E-state index contributed by atoms with van der Waals surface area (Å²) in [6.45, 7) is 1.28. The molecule has 1 aliphatic heterocycles. The summed E-state index contributed by atoms with van der Waals surface area (Å²) >= 11 is 0. The summed E-state index contributed by atoms with van der Waals surface area (Å²) in [6.07, 6.45) is 4.45. The zero-order valence-electron chi connectivity index (χ0n) is 12.7. The molecule has 1 fully saturated rings. The van der Waals surface area contributed by atoms with Crippen molar-refractivity contribution >= 4 is 33.6 Å². The molecule has 7 nitrogen and oxygen atoms in total. The van der Waals surface area contributed by atoms with Crippen molar-refractivity contribution in [3.63, 3.8) is 0 Å². The molecule has 9 heteroatoms. The van der Waals surface area contributed by atoms with Gasteiger partial charge in [-0.1, -0.05) is 28.0 Å². The molecule has 0 aromatic heterocycles. The van der Waals surface area contributed by atoms with Crippen LogP contribution in [0.2, 0.25) is 0 Å². The molecule has 1 heterocycles. The van der Waals surface area contributed by atoms with Crippen LogP contribution in [0.5, 0.6) is 0 Å². The van der Waals surface area contributed by atoms with Gasteiger partial charge in [0.05, 0.1) is 13.2 Å². The molecule has 22 heavy (non-hydrogen) atoms. The Hall–Kier alpha value is -0.640. The molecule has 1 aliphatic rings. The van der Waals surface area contributed by atoms with Gasteiger partial charge >= 0.3 is 6.09 Å². The van der Waals surface area contributed by atoms with Crippen LogP contribution >= 0.6 is 21.6 Å². The van der Waals surface area contributed by atoms with Crippen LogP contribution in [-0.2, 0) is 14.3 Å². The first-order valence-electron chi connectivity index (χ1n) is 7.48. The third-order valence-electron chi connectivity index (χ3n) is 3.05. The largest absolute Gasteiger partial charge is 0.446 e. The van der Waals surface area contributed by atoms with Crippen molar-refractivity contribution in [2.45, 2.75) is 37.4 Å². The van der Waals surface area contributed by atoms with E-state index < -0.39 is 6.09 Å². The van der Waals surface area contributed by atoms with E-state index in [2.05, 4.69) is 10.1 Å². The Morgan fingerprint density at radius 3 is 2.82 bits per heavy atom. The van der Waals surface area contributed by atoms with E-state index in [1.807, 2.05) is 27.0 Å². The first-order valence-corrected chi connectivity index (χ1v) is 9.86. The second-order valence-electron chi connectivity index (χ2n) is 4.82. The monoisotopic (exact) mass is 351 g/mol. The zero-order valence-corrected chi connectivity index (χ0v) is 14.3. The minimum absolute atomic E-state index is 0.0656. The lowest BCUT2D eigenvalue weighted by Crippen LogP contribution is -2.32. The lowest BCUT2D eigenvalue weighted by molar-refractivity contribution is -0.121. The fraction of sp³-hybridized carbons (Fsp3) is 0.846. The fourth-order valence-corrected chi connectivity index (χ4v) is 4.94. The molecule has 0 radical (unpaired) electrons. The van der Waals surface area contributed by atoms with Gasteiger partial charge in [-0.3, -0.25) is 10.2 Å². The fourth-order valence-electron chi connectivity index (χ4n) is 1.91. The average molecular weight is 351 g/mol. The van der Waals surface area contributed by atoms with Crippen LogP contribution in [0.25, 0.3) is 0 Å². The Balaban J connectivity index is 1.81. The first kappa shape index (κ1) is 19.4. The molecule has 2 amide bonds. The van der Waals surface area contributed by atoms with E-state index in [9.17, 15) is 9.59 Å². The molecular weight excluding hydrogens is 326 g/mol. The van der Waals surface area contributed by atoms with E-state index in [-0.39, 0.29) is 19.1 Å². The molecule has 1 saturated heterocycles. The molecule has 1 unspecified atom stereocenters. The maximum absolute atomic E-state index is 11.6. The molecule has 1 atom stereocenters. The lowest BCUT2D eigenvalue weighted by Gasteiger charge is -2.08. The van der Waals surface area contributed by atoms with E-state index in [0.29, 0.717) is 19.6 Å². The van der Waals surface area contributed by atoms with Crippen LogP contribution in [0.1, 0.15) is 32.1 Å². The van der Waals surface area contributed by atoms with Gasteiger partial charge in [-0.15, -0.1) is 0 Å². The van der Waals surface area contributed by atoms with Crippen LogP contribution in [0.15, 0.2) is 0 Å². The number of ether oxygens (including phenoxy) is 2. The molecule has 0 saturated carbocycles. The minimum atomic E-state index is -0.688. The number of hydrogen-bond donors (Lipinski definition) is 3. The summed E-state index contributed by atoms with van der Waals surface area (Å²) in [4.78, 5) is 22.2. The van der Waals surface area contributed by atoms with Crippen LogP contribution < -0.4 is 16.6 Å². The Kier molecular flexibility index (Phi) is 11.3. The number of carbonyl (C=O) groups excluding carboxylic acids is 2. The van der Waals surface area contributed by atoms with Crippen molar-refractivity contribution in [2.24, 2.45) is 5.84 Å². The zero-order chi connectivity index (χ0) is 16.0. The van der Waals surface area contributed by atoms with E-state index >= 15 is 0 Å². The minimum Gasteiger partial charge on any atom is -0.446 e. The summed E-state index contributed by atoms with van der Waals surface area (Å²) in [6, 6.07) is 0. The second kappa shape index (κ2) is 12.9. The highest BCUT2D eigenvalue weighted by molar-refractivity contribution is 8.77. The van der Waals surface area contributed by atoms with Gasteiger partial charge in [0, 0.05) is 24.0 Å². The third-order valence-corrected chi connectivity index (χ3v) is 6.06. The highest BCUT2D eigenvalue weighted by Gasteiger charge is 2.15. The predicted molar refractivity (Wildman–Crippen MR) is 89.4 cm³/mol. The molecule has 4 N–H and O–H groups in total. The van der Waals surface area contributed by atoms with Crippen molar-refractivity contribution < 1.29 is 19.1 Å². The number of unbranched alkanes of at least 4 members (excludes halogenated alkanes) is 1. The van der Waals surface area contributed by atoms with Crippen LogP contribution in [-0.4, -0.2) is 49.4 Å². The van der Waals surface area contributed by atoms with Crippen molar-refractivity contribution in [1.82, 2.24) is 10.7 Å². The van der Waals surface area contributed by atoms with E-state index in [0.717, 1.165) is 18.1 Å². The summed E-state index contributed by atoms with van der Waals surface area (Å²) in [5.74, 6) is 6.17. The number of rotatable bonds is 11. The van der Waals surface area contributed by atoms with Crippen molar-refractivity contribution in [3.8, 4) is 0 Å². The lowest BCUT2D eigenvalue weighted by atomic mass is 10.1. The highest BCUT2D eigenvalue weighted by Crippen LogP contribution is 2.39. The normalized spacial score (nSPS) is 17.2. The van der Waals surface area contributed by atoms with Gasteiger partial charge in [0.15, 0.2) is 0 Å². The maximum Gasteiger partial charge on any atom is 0.421 e. The van der Waals surface area contributed by atoms with Crippen LogP contribution in [0, 0.1) is 0 Å². The summed E-state index contributed by atoms with van der Waals surface area (Å²) < 4.78 is 9.84. The molecule has 0 bridgehead atoms. The second-order valence-corrected chi connectivity index (χ2v) is 7.60. The number of nitrogens with one attached hydrogen (secondary N) is 2. The summed E-state index contributed by atoms with van der Waals surface area (Å²) in [7, 11) is 3.94. The molecular formula is C13H25N3O4S2. The quantitative estimate of drug-likeness (QED) is 0.170. The van der Waals surface area contributed by atoms with Crippen molar-refractivity contribution in [1.29, 1.82) is 0 Å². The maximum atomic E-state index is 11.6. The Bertz CT molecular complexity index is 328. The third kappa shape index (κ3) is 10.1. The van der Waals surface area contributed by atoms with E-state index in [4.69, 9.17) is 10.6 Å². The van der Waals surface area contributed by atoms with Gasteiger partial charge in [-0.2, -0.15) is 0 Å². The Labute approximate surface area is 139 Å². The molecule has 128 valence electrons. The summed E-state index contributed by atoms with van der Waals surface area (Å²) in [5, 5.41) is 3.59. The standard InChI is InChI=1S/C13H25N3O4S2/c14-16-13(18)20-9-8-19-7-6-15-12(17)4-2-1-3-11-5-10-21-22-11/h11H,1-10,14H2,(H,15,17)(H,16,18). The smallest absolute Gasteiger partial charge is 0.421 e. The molecule has 0 aromatic carbocycles. The first-order chi connectivity index (χ1) is 10.7. The number of hydrazine groups is 1. The van der Waals surface area contributed by atoms with Gasteiger partial charge in [0.2, 0.25) is 5.91 Å².